The van der Waals surface area contributed by atoms with E-state index >= 15 is 0 Å². The highest BCUT2D eigenvalue weighted by atomic mass is 32.2. The van der Waals surface area contributed by atoms with Gasteiger partial charge in [0.25, 0.3) is 0 Å². The van der Waals surface area contributed by atoms with Gasteiger partial charge in [-0.1, -0.05) is 0 Å². The fourth-order valence-electron chi connectivity index (χ4n) is 2.22. The summed E-state index contributed by atoms with van der Waals surface area (Å²) in [6.45, 7) is 0. The first-order chi connectivity index (χ1) is 11.1. The SMILES string of the molecule is O[C@@H]1[C@@H](O)[C@@H](Oc2cnc(-c3ccncc3)c(F)c2)SC[C@H]1O. The summed E-state index contributed by atoms with van der Waals surface area (Å²) in [6.07, 6.45) is 0.856. The summed E-state index contributed by atoms with van der Waals surface area (Å²) in [6, 6.07) is 4.46. The van der Waals surface area contributed by atoms with Crippen LogP contribution < -0.4 is 4.74 Å². The van der Waals surface area contributed by atoms with Gasteiger partial charge in [-0.2, -0.15) is 0 Å². The Bertz CT molecular complexity index is 676. The Kier molecular flexibility index (Phi) is 4.76. The minimum Gasteiger partial charge on any atom is -0.475 e. The van der Waals surface area contributed by atoms with Gasteiger partial charge in [-0.25, -0.2) is 9.37 Å². The summed E-state index contributed by atoms with van der Waals surface area (Å²) in [5, 5.41) is 29.0. The fourth-order valence-corrected chi connectivity index (χ4v) is 3.35. The van der Waals surface area contributed by atoms with Gasteiger partial charge in [-0.3, -0.25) is 4.98 Å². The Morgan fingerprint density at radius 1 is 1.17 bits per heavy atom. The number of thioether (sulfide) groups is 1. The zero-order valence-corrected chi connectivity index (χ0v) is 12.7. The molecule has 1 aliphatic rings. The van der Waals surface area contributed by atoms with E-state index in [1.807, 2.05) is 0 Å². The van der Waals surface area contributed by atoms with Crippen molar-refractivity contribution in [3.63, 3.8) is 0 Å². The van der Waals surface area contributed by atoms with Gasteiger partial charge >= 0.3 is 0 Å². The second kappa shape index (κ2) is 6.79. The standard InChI is InChI=1S/C15H15FN2O4S/c16-10-5-9(6-18-12(10)8-1-3-17-4-2-8)22-15-14(21)13(20)11(19)7-23-15/h1-6,11,13-15,19-21H,7H2/t11-,13+,14-,15+/m1/s1. The van der Waals surface area contributed by atoms with Crippen LogP contribution in [0.25, 0.3) is 11.3 Å². The van der Waals surface area contributed by atoms with Gasteiger partial charge < -0.3 is 20.1 Å². The Labute approximate surface area is 136 Å². The number of aromatic nitrogens is 2. The Hall–Kier alpha value is -1.74. The van der Waals surface area contributed by atoms with E-state index in [2.05, 4.69) is 9.97 Å². The van der Waals surface area contributed by atoms with Crippen molar-refractivity contribution >= 4 is 11.8 Å². The lowest BCUT2D eigenvalue weighted by Crippen LogP contribution is -2.50. The third-order valence-electron chi connectivity index (χ3n) is 3.48. The predicted octanol–water partition coefficient (Wildman–Crippen LogP) is 0.817. The zero-order valence-electron chi connectivity index (χ0n) is 11.9. The Balaban J connectivity index is 1.76. The van der Waals surface area contributed by atoms with E-state index in [-0.39, 0.29) is 17.2 Å². The van der Waals surface area contributed by atoms with Crippen LogP contribution in [0.1, 0.15) is 0 Å². The number of hydrogen-bond donors (Lipinski definition) is 3. The number of halogens is 1. The van der Waals surface area contributed by atoms with Gasteiger partial charge in [0.15, 0.2) is 11.3 Å². The first-order valence-electron chi connectivity index (χ1n) is 6.94. The molecule has 23 heavy (non-hydrogen) atoms. The molecule has 2 aromatic heterocycles. The monoisotopic (exact) mass is 338 g/mol. The quantitative estimate of drug-likeness (QED) is 0.762. The van der Waals surface area contributed by atoms with Crippen molar-refractivity contribution in [2.75, 3.05) is 5.75 Å². The summed E-state index contributed by atoms with van der Waals surface area (Å²) >= 11 is 1.14. The van der Waals surface area contributed by atoms with E-state index in [4.69, 9.17) is 4.74 Å². The van der Waals surface area contributed by atoms with Crippen molar-refractivity contribution in [3.8, 4) is 17.0 Å². The van der Waals surface area contributed by atoms with Crippen molar-refractivity contribution in [1.29, 1.82) is 0 Å². The zero-order chi connectivity index (χ0) is 16.4. The van der Waals surface area contributed by atoms with Crippen LogP contribution in [0.3, 0.4) is 0 Å². The first kappa shape index (κ1) is 16.1. The summed E-state index contributed by atoms with van der Waals surface area (Å²) < 4.78 is 19.7. The molecule has 0 saturated carbocycles. The van der Waals surface area contributed by atoms with Crippen molar-refractivity contribution in [1.82, 2.24) is 9.97 Å². The minimum absolute atomic E-state index is 0.139. The molecular formula is C15H15FN2O4S. The van der Waals surface area contributed by atoms with Crippen LogP contribution in [0.5, 0.6) is 5.75 Å². The molecule has 0 aromatic carbocycles. The molecule has 6 nitrogen and oxygen atoms in total. The average Bonchev–Trinajstić information content (AvgIpc) is 2.56. The molecule has 3 rings (SSSR count). The molecule has 0 unspecified atom stereocenters. The lowest BCUT2D eigenvalue weighted by Gasteiger charge is -2.34. The highest BCUT2D eigenvalue weighted by Crippen LogP contribution is 2.30. The number of pyridine rings is 2. The van der Waals surface area contributed by atoms with Crippen molar-refractivity contribution in [2.24, 2.45) is 0 Å². The molecule has 8 heteroatoms. The van der Waals surface area contributed by atoms with Crippen LogP contribution >= 0.6 is 11.8 Å². The second-order valence-corrected chi connectivity index (χ2v) is 6.24. The number of nitrogens with zero attached hydrogens (tertiary/aromatic N) is 2. The van der Waals surface area contributed by atoms with Gasteiger partial charge in [-0.05, 0) is 12.1 Å². The molecule has 1 saturated heterocycles. The topological polar surface area (TPSA) is 95.7 Å². The van der Waals surface area contributed by atoms with Crippen LogP contribution in [0.15, 0.2) is 36.8 Å². The second-order valence-electron chi connectivity index (χ2n) is 5.11. The highest BCUT2D eigenvalue weighted by Gasteiger charge is 2.38. The molecule has 1 aliphatic heterocycles. The lowest BCUT2D eigenvalue weighted by molar-refractivity contribution is -0.0786. The fraction of sp³-hybridized carbons (Fsp3) is 0.333. The summed E-state index contributed by atoms with van der Waals surface area (Å²) in [7, 11) is 0. The van der Waals surface area contributed by atoms with E-state index in [1.54, 1.807) is 24.5 Å². The van der Waals surface area contributed by atoms with Crippen molar-refractivity contribution in [2.45, 2.75) is 23.7 Å². The van der Waals surface area contributed by atoms with Gasteiger partial charge in [0.2, 0.25) is 0 Å². The maximum absolute atomic E-state index is 14.2. The van der Waals surface area contributed by atoms with E-state index in [1.165, 1.54) is 12.3 Å². The van der Waals surface area contributed by atoms with E-state index in [9.17, 15) is 19.7 Å². The van der Waals surface area contributed by atoms with Gasteiger partial charge in [-0.15, -0.1) is 11.8 Å². The van der Waals surface area contributed by atoms with E-state index in [0.717, 1.165) is 11.8 Å². The molecule has 0 aliphatic carbocycles. The van der Waals surface area contributed by atoms with E-state index < -0.39 is 29.6 Å². The van der Waals surface area contributed by atoms with Crippen LogP contribution in [0.2, 0.25) is 0 Å². The molecule has 0 bridgehead atoms. The van der Waals surface area contributed by atoms with Crippen LogP contribution in [-0.2, 0) is 0 Å². The number of hydrogen-bond acceptors (Lipinski definition) is 7. The normalized spacial score (nSPS) is 27.7. The number of rotatable bonds is 3. The van der Waals surface area contributed by atoms with Gasteiger partial charge in [0.1, 0.15) is 23.7 Å². The molecular weight excluding hydrogens is 323 g/mol. The molecule has 1 fully saturated rings. The smallest absolute Gasteiger partial charge is 0.173 e. The van der Waals surface area contributed by atoms with E-state index in [0.29, 0.717) is 5.56 Å². The summed E-state index contributed by atoms with van der Waals surface area (Å²) in [5.74, 6) is -0.210. The third-order valence-corrected chi connectivity index (χ3v) is 4.71. The van der Waals surface area contributed by atoms with Crippen LogP contribution in [0.4, 0.5) is 4.39 Å². The molecule has 3 heterocycles. The maximum atomic E-state index is 14.2. The molecule has 3 N–H and O–H groups in total. The number of aliphatic hydroxyl groups excluding tert-OH is 3. The minimum atomic E-state index is -1.30. The first-order valence-corrected chi connectivity index (χ1v) is 7.99. The summed E-state index contributed by atoms with van der Waals surface area (Å²) in [4.78, 5) is 7.91. The average molecular weight is 338 g/mol. The number of aliphatic hydroxyl groups is 3. The summed E-state index contributed by atoms with van der Waals surface area (Å²) in [5.41, 5.74) is -0.0388. The van der Waals surface area contributed by atoms with Crippen molar-refractivity contribution in [3.05, 3.63) is 42.6 Å². The Morgan fingerprint density at radius 3 is 2.61 bits per heavy atom. The molecule has 0 amide bonds. The van der Waals surface area contributed by atoms with Crippen molar-refractivity contribution < 1.29 is 24.4 Å². The molecule has 0 radical (unpaired) electrons. The van der Waals surface area contributed by atoms with Crippen LogP contribution in [-0.4, -0.2) is 54.8 Å². The van der Waals surface area contributed by atoms with Gasteiger partial charge in [0.05, 0.1) is 12.3 Å². The third kappa shape index (κ3) is 3.45. The number of ether oxygens (including phenoxy) is 1. The predicted molar refractivity (Wildman–Crippen MR) is 82.3 cm³/mol. The maximum Gasteiger partial charge on any atom is 0.173 e. The lowest BCUT2D eigenvalue weighted by atomic mass is 10.1. The molecule has 0 spiro atoms. The van der Waals surface area contributed by atoms with Crippen LogP contribution in [0, 0.1) is 5.82 Å². The molecule has 122 valence electrons. The molecule has 2 aromatic rings. The molecule has 4 atom stereocenters. The Morgan fingerprint density at radius 2 is 1.91 bits per heavy atom. The highest BCUT2D eigenvalue weighted by molar-refractivity contribution is 7.99. The largest absolute Gasteiger partial charge is 0.475 e. The van der Waals surface area contributed by atoms with Gasteiger partial charge in [0, 0.05) is 29.8 Å².